The average molecular weight is 584 g/mol. The number of amides is 1. The zero-order valence-electron chi connectivity index (χ0n) is 21.9. The molecule has 0 saturated carbocycles. The first-order chi connectivity index (χ1) is 18.5. The molecule has 3 aromatic carbocycles. The van der Waals surface area contributed by atoms with Crippen LogP contribution in [0.4, 0.5) is 5.69 Å². The van der Waals surface area contributed by atoms with Crippen LogP contribution in [0.3, 0.4) is 0 Å². The maximum absolute atomic E-state index is 13.6. The summed E-state index contributed by atoms with van der Waals surface area (Å²) in [5, 5.41) is 5.16. The zero-order chi connectivity index (χ0) is 28.3. The topological polar surface area (TPSA) is 83.8 Å². The standard InChI is InChI=1S/C29H28Cl2N4O3S/c1-19-10-11-20(2)28(14-19)34(39(37,38)25-8-6-5-7-9-25)18-29(36)33-32-17-23-15-21(3)35(22(23)4)27-13-12-24(30)16-26(27)31/h5-17H,18H2,1-4H3,(H,33,36)/b32-17-. The van der Waals surface area contributed by atoms with Gasteiger partial charge in [0.25, 0.3) is 15.9 Å². The maximum Gasteiger partial charge on any atom is 0.264 e. The molecule has 0 radical (unpaired) electrons. The van der Waals surface area contributed by atoms with Gasteiger partial charge in [0, 0.05) is 22.0 Å². The first-order valence-corrected chi connectivity index (χ1v) is 14.3. The molecule has 0 atom stereocenters. The van der Waals surface area contributed by atoms with E-state index >= 15 is 0 Å². The van der Waals surface area contributed by atoms with Gasteiger partial charge in [-0.1, -0.05) is 53.5 Å². The molecule has 0 bridgehead atoms. The van der Waals surface area contributed by atoms with Gasteiger partial charge in [-0.05, 0) is 81.3 Å². The monoisotopic (exact) mass is 582 g/mol. The van der Waals surface area contributed by atoms with Crippen molar-refractivity contribution in [2.24, 2.45) is 5.10 Å². The zero-order valence-corrected chi connectivity index (χ0v) is 24.3. The number of carbonyl (C=O) groups excluding carboxylic acids is 1. The van der Waals surface area contributed by atoms with Crippen molar-refractivity contribution in [1.82, 2.24) is 9.99 Å². The normalized spacial score (nSPS) is 11.6. The maximum atomic E-state index is 13.6. The Kier molecular flexibility index (Phi) is 8.49. The smallest absolute Gasteiger partial charge is 0.264 e. The highest BCUT2D eigenvalue weighted by Crippen LogP contribution is 2.29. The summed E-state index contributed by atoms with van der Waals surface area (Å²) in [5.74, 6) is -0.582. The molecule has 0 spiro atoms. The molecule has 39 heavy (non-hydrogen) atoms. The number of hydrogen-bond acceptors (Lipinski definition) is 4. The number of carbonyl (C=O) groups is 1. The van der Waals surface area contributed by atoms with E-state index in [1.807, 2.05) is 49.6 Å². The number of rotatable bonds is 8. The number of nitrogens with one attached hydrogen (secondary N) is 1. The second kappa shape index (κ2) is 11.7. The van der Waals surface area contributed by atoms with Gasteiger partial charge in [-0.2, -0.15) is 5.10 Å². The fraction of sp³-hybridized carbons (Fsp3) is 0.172. The molecule has 1 amide bonds. The molecule has 202 valence electrons. The quantitative estimate of drug-likeness (QED) is 0.194. The summed E-state index contributed by atoms with van der Waals surface area (Å²) in [6.07, 6.45) is 1.52. The van der Waals surface area contributed by atoms with Crippen LogP contribution in [0.5, 0.6) is 0 Å². The molecule has 1 heterocycles. The van der Waals surface area contributed by atoms with Gasteiger partial charge in [0.15, 0.2) is 0 Å². The minimum atomic E-state index is -4.02. The summed E-state index contributed by atoms with van der Waals surface area (Å²) in [5.41, 5.74) is 7.82. The molecule has 0 saturated heterocycles. The Balaban J connectivity index is 1.58. The van der Waals surface area contributed by atoms with Crippen molar-refractivity contribution in [3.8, 4) is 5.69 Å². The van der Waals surface area contributed by atoms with Crippen LogP contribution >= 0.6 is 23.2 Å². The Labute approximate surface area is 238 Å². The van der Waals surface area contributed by atoms with Crippen molar-refractivity contribution >= 4 is 51.0 Å². The number of anilines is 1. The van der Waals surface area contributed by atoms with Gasteiger partial charge >= 0.3 is 0 Å². The highest BCUT2D eigenvalue weighted by Gasteiger charge is 2.28. The average Bonchev–Trinajstić information content (AvgIpc) is 3.17. The van der Waals surface area contributed by atoms with Crippen LogP contribution in [0, 0.1) is 27.7 Å². The predicted octanol–water partition coefficient (Wildman–Crippen LogP) is 6.36. The lowest BCUT2D eigenvalue weighted by atomic mass is 10.1. The lowest BCUT2D eigenvalue weighted by Crippen LogP contribution is -2.40. The van der Waals surface area contributed by atoms with E-state index in [9.17, 15) is 13.2 Å². The summed E-state index contributed by atoms with van der Waals surface area (Å²) in [6.45, 7) is 7.08. The highest BCUT2D eigenvalue weighted by molar-refractivity contribution is 7.92. The van der Waals surface area contributed by atoms with Crippen molar-refractivity contribution < 1.29 is 13.2 Å². The Morgan fingerprint density at radius 1 is 0.974 bits per heavy atom. The van der Waals surface area contributed by atoms with E-state index in [4.69, 9.17) is 23.2 Å². The number of aryl methyl sites for hydroxylation is 3. The fourth-order valence-electron chi connectivity index (χ4n) is 4.30. The Bertz CT molecular complexity index is 1670. The molecule has 10 heteroatoms. The van der Waals surface area contributed by atoms with E-state index in [0.717, 1.165) is 38.1 Å². The third-order valence-corrected chi connectivity index (χ3v) is 8.58. The second-order valence-electron chi connectivity index (χ2n) is 9.17. The van der Waals surface area contributed by atoms with E-state index in [1.54, 1.807) is 43.3 Å². The molecular formula is C29H28Cl2N4O3S. The van der Waals surface area contributed by atoms with E-state index in [1.165, 1.54) is 18.3 Å². The molecule has 0 aliphatic rings. The minimum Gasteiger partial charge on any atom is -0.316 e. The van der Waals surface area contributed by atoms with Gasteiger partial charge in [-0.3, -0.25) is 9.10 Å². The number of aromatic nitrogens is 1. The SMILES string of the molecule is Cc1ccc(C)c(N(CC(=O)N/N=C\c2cc(C)n(-c3ccc(Cl)cc3Cl)c2C)S(=O)(=O)c2ccccc2)c1. The van der Waals surface area contributed by atoms with Crippen LogP contribution in [-0.2, 0) is 14.8 Å². The van der Waals surface area contributed by atoms with Gasteiger partial charge in [0.2, 0.25) is 0 Å². The van der Waals surface area contributed by atoms with E-state index in [-0.39, 0.29) is 4.90 Å². The van der Waals surface area contributed by atoms with Gasteiger partial charge in [-0.25, -0.2) is 13.8 Å². The lowest BCUT2D eigenvalue weighted by Gasteiger charge is -2.25. The molecule has 0 unspecified atom stereocenters. The van der Waals surface area contributed by atoms with Crippen LogP contribution in [0.1, 0.15) is 28.1 Å². The van der Waals surface area contributed by atoms with Crippen LogP contribution in [-0.4, -0.2) is 31.7 Å². The minimum absolute atomic E-state index is 0.0931. The Morgan fingerprint density at radius 2 is 1.69 bits per heavy atom. The molecule has 0 fully saturated rings. The number of nitrogens with zero attached hydrogens (tertiary/aromatic N) is 3. The molecule has 1 N–H and O–H groups in total. The molecule has 7 nitrogen and oxygen atoms in total. The largest absolute Gasteiger partial charge is 0.316 e. The highest BCUT2D eigenvalue weighted by atomic mass is 35.5. The fourth-order valence-corrected chi connectivity index (χ4v) is 6.29. The third kappa shape index (κ3) is 6.19. The molecule has 0 aliphatic heterocycles. The summed E-state index contributed by atoms with van der Waals surface area (Å²) in [7, 11) is -4.02. The third-order valence-electron chi connectivity index (χ3n) is 6.27. The lowest BCUT2D eigenvalue weighted by molar-refractivity contribution is -0.119. The van der Waals surface area contributed by atoms with Gasteiger partial charge in [0.05, 0.1) is 27.5 Å². The van der Waals surface area contributed by atoms with Crippen LogP contribution < -0.4 is 9.73 Å². The second-order valence-corrected chi connectivity index (χ2v) is 11.9. The van der Waals surface area contributed by atoms with E-state index in [0.29, 0.717) is 15.7 Å². The Morgan fingerprint density at radius 3 is 2.38 bits per heavy atom. The first kappa shape index (κ1) is 28.4. The predicted molar refractivity (Wildman–Crippen MR) is 158 cm³/mol. The molecular weight excluding hydrogens is 555 g/mol. The van der Waals surface area contributed by atoms with Crippen molar-refractivity contribution in [3.05, 3.63) is 111 Å². The van der Waals surface area contributed by atoms with Crippen molar-refractivity contribution in [1.29, 1.82) is 0 Å². The first-order valence-electron chi connectivity index (χ1n) is 12.1. The number of hydrogen-bond donors (Lipinski definition) is 1. The van der Waals surface area contributed by atoms with Crippen molar-refractivity contribution in [2.45, 2.75) is 32.6 Å². The number of halogens is 2. The molecule has 4 rings (SSSR count). The van der Waals surface area contributed by atoms with Crippen molar-refractivity contribution in [3.63, 3.8) is 0 Å². The van der Waals surface area contributed by atoms with Crippen molar-refractivity contribution in [2.75, 3.05) is 10.8 Å². The summed E-state index contributed by atoms with van der Waals surface area (Å²) in [6, 6.07) is 20.7. The summed E-state index contributed by atoms with van der Waals surface area (Å²) in [4.78, 5) is 13.1. The number of sulfonamides is 1. The van der Waals surface area contributed by atoms with Crippen LogP contribution in [0.25, 0.3) is 5.69 Å². The number of hydrazone groups is 1. The summed E-state index contributed by atoms with van der Waals surface area (Å²) < 4.78 is 30.2. The van der Waals surface area contributed by atoms with Gasteiger partial charge in [-0.15, -0.1) is 0 Å². The van der Waals surface area contributed by atoms with Gasteiger partial charge < -0.3 is 4.57 Å². The van der Waals surface area contributed by atoms with Crippen LogP contribution in [0.2, 0.25) is 10.0 Å². The van der Waals surface area contributed by atoms with Crippen LogP contribution in [0.15, 0.2) is 82.8 Å². The molecule has 4 aromatic rings. The summed E-state index contributed by atoms with van der Waals surface area (Å²) >= 11 is 12.5. The van der Waals surface area contributed by atoms with E-state index in [2.05, 4.69) is 10.5 Å². The molecule has 1 aromatic heterocycles. The van der Waals surface area contributed by atoms with Gasteiger partial charge in [0.1, 0.15) is 6.54 Å². The number of benzene rings is 3. The van der Waals surface area contributed by atoms with E-state index < -0.39 is 22.5 Å². The molecule has 0 aliphatic carbocycles. The Hall–Kier alpha value is -3.59.